The van der Waals surface area contributed by atoms with Gasteiger partial charge >= 0.3 is 0 Å². The van der Waals surface area contributed by atoms with Crippen molar-refractivity contribution in [1.82, 2.24) is 30.0 Å². The van der Waals surface area contributed by atoms with Crippen molar-refractivity contribution in [3.63, 3.8) is 0 Å². The summed E-state index contributed by atoms with van der Waals surface area (Å²) in [7, 11) is 1.83. The van der Waals surface area contributed by atoms with Crippen molar-refractivity contribution in [2.75, 3.05) is 0 Å². The minimum atomic E-state index is -0.246. The first-order chi connectivity index (χ1) is 15.1. The molecule has 1 unspecified atom stereocenters. The molecule has 1 N–H and O–H groups in total. The Morgan fingerprint density at radius 1 is 1.16 bits per heavy atom. The predicted octanol–water partition coefficient (Wildman–Crippen LogP) is 4.01. The number of aryl methyl sites for hydroxylation is 2. The molecule has 5 rings (SSSR count). The standard InChI is InChI=1S/C23H19ClN6O/c1-30-13-15(12-26-30)22-27-20(14-4-6-16(24)7-5-14)11-21(28-22)23(31)29-19-9-8-18-17(19)3-2-10-25-18/h2-7,10-13,19H,8-9H2,1H3,(H,29,31). The van der Waals surface area contributed by atoms with Gasteiger partial charge in [0.05, 0.1) is 23.5 Å². The molecular formula is C23H19ClN6O. The zero-order valence-electron chi connectivity index (χ0n) is 16.8. The smallest absolute Gasteiger partial charge is 0.270 e. The normalized spacial score (nSPS) is 15.0. The van der Waals surface area contributed by atoms with E-state index < -0.39 is 0 Å². The molecule has 31 heavy (non-hydrogen) atoms. The van der Waals surface area contributed by atoms with E-state index in [0.29, 0.717) is 22.2 Å². The van der Waals surface area contributed by atoms with Gasteiger partial charge in [0, 0.05) is 35.7 Å². The minimum Gasteiger partial charge on any atom is -0.344 e. The van der Waals surface area contributed by atoms with Crippen molar-refractivity contribution >= 4 is 17.5 Å². The first kappa shape index (κ1) is 19.4. The lowest BCUT2D eigenvalue weighted by molar-refractivity contribution is 0.0931. The summed E-state index contributed by atoms with van der Waals surface area (Å²) in [5, 5.41) is 7.95. The minimum absolute atomic E-state index is 0.0769. The molecule has 1 atom stereocenters. The molecule has 1 aromatic carbocycles. The van der Waals surface area contributed by atoms with Gasteiger partial charge in [-0.2, -0.15) is 5.10 Å². The van der Waals surface area contributed by atoms with E-state index in [2.05, 4.69) is 25.4 Å². The van der Waals surface area contributed by atoms with Crippen LogP contribution in [-0.4, -0.2) is 30.6 Å². The van der Waals surface area contributed by atoms with Gasteiger partial charge in [0.15, 0.2) is 5.82 Å². The van der Waals surface area contributed by atoms with Gasteiger partial charge in [0.1, 0.15) is 5.69 Å². The van der Waals surface area contributed by atoms with Crippen molar-refractivity contribution < 1.29 is 4.79 Å². The second-order valence-corrected chi connectivity index (χ2v) is 7.91. The van der Waals surface area contributed by atoms with Gasteiger partial charge in [0.2, 0.25) is 0 Å². The van der Waals surface area contributed by atoms with Crippen molar-refractivity contribution in [2.24, 2.45) is 7.05 Å². The fourth-order valence-corrected chi connectivity index (χ4v) is 3.92. The number of hydrogen-bond acceptors (Lipinski definition) is 5. The zero-order chi connectivity index (χ0) is 21.4. The van der Waals surface area contributed by atoms with Crippen LogP contribution in [-0.2, 0) is 13.5 Å². The topological polar surface area (TPSA) is 85.6 Å². The first-order valence-corrected chi connectivity index (χ1v) is 10.3. The van der Waals surface area contributed by atoms with Gasteiger partial charge in [-0.1, -0.05) is 29.8 Å². The Morgan fingerprint density at radius 2 is 2.00 bits per heavy atom. The number of benzene rings is 1. The Balaban J connectivity index is 1.52. The van der Waals surface area contributed by atoms with Crippen molar-refractivity contribution in [2.45, 2.75) is 18.9 Å². The average molecular weight is 431 g/mol. The molecule has 1 aliphatic rings. The summed E-state index contributed by atoms with van der Waals surface area (Å²) in [5.74, 6) is 0.198. The Labute approximate surface area is 184 Å². The summed E-state index contributed by atoms with van der Waals surface area (Å²) in [6.07, 6.45) is 6.96. The quantitative estimate of drug-likeness (QED) is 0.528. The fourth-order valence-electron chi connectivity index (χ4n) is 3.79. The molecule has 0 radical (unpaired) electrons. The molecule has 0 saturated heterocycles. The van der Waals surface area contributed by atoms with Gasteiger partial charge in [0.25, 0.3) is 5.91 Å². The number of pyridine rings is 1. The molecule has 1 aliphatic carbocycles. The van der Waals surface area contributed by atoms with Gasteiger partial charge < -0.3 is 5.32 Å². The lowest BCUT2D eigenvalue weighted by Gasteiger charge is -2.14. The summed E-state index contributed by atoms with van der Waals surface area (Å²) >= 11 is 6.03. The van der Waals surface area contributed by atoms with Crippen LogP contribution >= 0.6 is 11.6 Å². The highest BCUT2D eigenvalue weighted by atomic mass is 35.5. The molecule has 4 aromatic rings. The van der Waals surface area contributed by atoms with Crippen LogP contribution in [0.3, 0.4) is 0 Å². The zero-order valence-corrected chi connectivity index (χ0v) is 17.5. The lowest BCUT2D eigenvalue weighted by Crippen LogP contribution is -2.28. The number of carbonyl (C=O) groups excluding carboxylic acids is 1. The van der Waals surface area contributed by atoms with E-state index in [1.165, 1.54) is 0 Å². The molecule has 0 fully saturated rings. The highest BCUT2D eigenvalue weighted by Crippen LogP contribution is 2.30. The second kappa shape index (κ2) is 7.92. The van der Waals surface area contributed by atoms with E-state index in [1.807, 2.05) is 37.5 Å². The number of carbonyl (C=O) groups is 1. The van der Waals surface area contributed by atoms with Crippen LogP contribution in [0.4, 0.5) is 0 Å². The number of hydrogen-bond donors (Lipinski definition) is 1. The molecule has 0 aliphatic heterocycles. The van der Waals surface area contributed by atoms with Gasteiger partial charge in [-0.3, -0.25) is 14.5 Å². The maximum atomic E-state index is 13.2. The van der Waals surface area contributed by atoms with Crippen LogP contribution in [0.2, 0.25) is 5.02 Å². The average Bonchev–Trinajstić information content (AvgIpc) is 3.40. The van der Waals surface area contributed by atoms with Crippen LogP contribution in [0.5, 0.6) is 0 Å². The fraction of sp³-hybridized carbons (Fsp3) is 0.174. The third-order valence-corrected chi connectivity index (χ3v) is 5.59. The monoisotopic (exact) mass is 430 g/mol. The van der Waals surface area contributed by atoms with Crippen LogP contribution in [0.1, 0.15) is 34.2 Å². The Kier molecular flexibility index (Phi) is 4.95. The third-order valence-electron chi connectivity index (χ3n) is 5.34. The summed E-state index contributed by atoms with van der Waals surface area (Å²) in [6.45, 7) is 0. The van der Waals surface area contributed by atoms with Crippen molar-refractivity contribution in [1.29, 1.82) is 0 Å². The summed E-state index contributed by atoms with van der Waals surface area (Å²) in [5.41, 5.74) is 4.63. The highest BCUT2D eigenvalue weighted by Gasteiger charge is 2.26. The van der Waals surface area contributed by atoms with Gasteiger partial charge in [-0.05, 0) is 42.7 Å². The molecule has 1 amide bonds. The molecule has 0 spiro atoms. The van der Waals surface area contributed by atoms with E-state index in [1.54, 1.807) is 35.3 Å². The number of aromatic nitrogens is 5. The van der Waals surface area contributed by atoms with Crippen LogP contribution in [0, 0.1) is 0 Å². The molecular weight excluding hydrogens is 412 g/mol. The van der Waals surface area contributed by atoms with E-state index in [9.17, 15) is 4.79 Å². The van der Waals surface area contributed by atoms with Crippen molar-refractivity contribution in [3.05, 3.63) is 83.0 Å². The SMILES string of the molecule is Cn1cc(-c2nc(C(=O)NC3CCc4ncccc43)cc(-c3ccc(Cl)cc3)n2)cn1. The molecule has 3 heterocycles. The molecule has 3 aromatic heterocycles. The van der Waals surface area contributed by atoms with Crippen LogP contribution in [0.25, 0.3) is 22.6 Å². The molecule has 0 bridgehead atoms. The van der Waals surface area contributed by atoms with E-state index in [4.69, 9.17) is 11.6 Å². The van der Waals surface area contributed by atoms with Gasteiger partial charge in [-0.25, -0.2) is 9.97 Å². The van der Waals surface area contributed by atoms with Crippen molar-refractivity contribution in [3.8, 4) is 22.6 Å². The molecule has 7 nitrogen and oxygen atoms in total. The Bertz CT molecular complexity index is 1270. The summed E-state index contributed by atoms with van der Waals surface area (Å²) < 4.78 is 1.68. The Morgan fingerprint density at radius 3 is 2.77 bits per heavy atom. The highest BCUT2D eigenvalue weighted by molar-refractivity contribution is 6.30. The number of rotatable bonds is 4. The number of nitrogens with one attached hydrogen (secondary N) is 1. The number of fused-ring (bicyclic) bond motifs is 1. The number of halogens is 1. The maximum absolute atomic E-state index is 13.2. The van der Waals surface area contributed by atoms with E-state index in [-0.39, 0.29) is 11.9 Å². The number of nitrogens with zero attached hydrogens (tertiary/aromatic N) is 5. The third kappa shape index (κ3) is 3.92. The second-order valence-electron chi connectivity index (χ2n) is 7.48. The largest absolute Gasteiger partial charge is 0.344 e. The summed E-state index contributed by atoms with van der Waals surface area (Å²) in [4.78, 5) is 26.8. The molecule has 154 valence electrons. The molecule has 0 saturated carbocycles. The van der Waals surface area contributed by atoms with E-state index >= 15 is 0 Å². The summed E-state index contributed by atoms with van der Waals surface area (Å²) in [6, 6.07) is 12.9. The Hall–Kier alpha value is -3.58. The van der Waals surface area contributed by atoms with Gasteiger partial charge in [-0.15, -0.1) is 0 Å². The van der Waals surface area contributed by atoms with E-state index in [0.717, 1.165) is 35.2 Å². The van der Waals surface area contributed by atoms with Crippen LogP contribution < -0.4 is 5.32 Å². The predicted molar refractivity (Wildman–Crippen MR) is 117 cm³/mol. The van der Waals surface area contributed by atoms with Crippen LogP contribution in [0.15, 0.2) is 61.1 Å². The number of amides is 1. The lowest BCUT2D eigenvalue weighted by atomic mass is 10.1. The molecule has 8 heteroatoms. The maximum Gasteiger partial charge on any atom is 0.270 e. The first-order valence-electron chi connectivity index (χ1n) is 9.95.